The summed E-state index contributed by atoms with van der Waals surface area (Å²) in [6.45, 7) is 0. The van der Waals surface area contributed by atoms with Crippen molar-refractivity contribution < 1.29 is 4.74 Å². The Kier molecular flexibility index (Phi) is 3.17. The van der Waals surface area contributed by atoms with Crippen LogP contribution in [0.25, 0.3) is 11.4 Å². The summed E-state index contributed by atoms with van der Waals surface area (Å²) in [7, 11) is 1.55. The predicted molar refractivity (Wildman–Crippen MR) is 59.6 cm³/mol. The second-order valence-electron chi connectivity index (χ2n) is 2.81. The molecule has 0 fully saturated rings. The van der Waals surface area contributed by atoms with Crippen LogP contribution in [-0.4, -0.2) is 27.0 Å². The van der Waals surface area contributed by atoms with Gasteiger partial charge in [0, 0.05) is 11.8 Å². The Morgan fingerprint density at radius 1 is 1.06 bits per heavy atom. The number of nitrogens with zero attached hydrogens (tertiary/aromatic N) is 4. The van der Waals surface area contributed by atoms with Crippen LogP contribution < -0.4 is 4.74 Å². The standard InChI is InChI=1S/C9H6Cl2N4O/c1-16-6-2-5(3-12-4-6)7-13-8(10)15-9(11)14-7/h2-4H,1H3. The number of hydrogen-bond acceptors (Lipinski definition) is 5. The van der Waals surface area contributed by atoms with E-state index < -0.39 is 0 Å². The molecular weight excluding hydrogens is 251 g/mol. The molecule has 0 aromatic carbocycles. The van der Waals surface area contributed by atoms with Crippen molar-refractivity contribution in [3.8, 4) is 17.1 Å². The van der Waals surface area contributed by atoms with Gasteiger partial charge in [-0.15, -0.1) is 0 Å². The van der Waals surface area contributed by atoms with Crippen LogP contribution in [0.4, 0.5) is 0 Å². The molecule has 0 radical (unpaired) electrons. The van der Waals surface area contributed by atoms with E-state index in [1.54, 1.807) is 25.6 Å². The third-order valence-corrected chi connectivity index (χ3v) is 2.13. The summed E-state index contributed by atoms with van der Waals surface area (Å²) in [5.41, 5.74) is 0.658. The summed E-state index contributed by atoms with van der Waals surface area (Å²) < 4.78 is 5.04. The van der Waals surface area contributed by atoms with Gasteiger partial charge in [0.2, 0.25) is 10.6 Å². The van der Waals surface area contributed by atoms with Gasteiger partial charge in [0.25, 0.3) is 0 Å². The maximum atomic E-state index is 5.68. The van der Waals surface area contributed by atoms with E-state index in [1.165, 1.54) is 0 Å². The molecular formula is C9H6Cl2N4O. The number of ether oxygens (including phenoxy) is 1. The Hall–Kier alpha value is -1.46. The molecule has 0 aliphatic carbocycles. The van der Waals surface area contributed by atoms with Gasteiger partial charge in [-0.2, -0.15) is 15.0 Å². The maximum absolute atomic E-state index is 5.68. The number of pyridine rings is 1. The van der Waals surface area contributed by atoms with Gasteiger partial charge in [-0.05, 0) is 29.3 Å². The summed E-state index contributed by atoms with van der Waals surface area (Å²) in [6, 6.07) is 1.73. The maximum Gasteiger partial charge on any atom is 0.227 e. The molecule has 7 heteroatoms. The van der Waals surface area contributed by atoms with Gasteiger partial charge in [-0.25, -0.2) is 0 Å². The smallest absolute Gasteiger partial charge is 0.227 e. The number of halogens is 2. The van der Waals surface area contributed by atoms with Crippen LogP contribution in [-0.2, 0) is 0 Å². The van der Waals surface area contributed by atoms with Crippen molar-refractivity contribution in [3.05, 3.63) is 29.0 Å². The second kappa shape index (κ2) is 4.59. The summed E-state index contributed by atoms with van der Waals surface area (Å²) in [4.78, 5) is 15.5. The van der Waals surface area contributed by atoms with Crippen LogP contribution in [0.3, 0.4) is 0 Å². The molecule has 0 saturated carbocycles. The minimum absolute atomic E-state index is 0.0396. The van der Waals surface area contributed by atoms with Gasteiger partial charge in [0.15, 0.2) is 5.82 Å². The minimum Gasteiger partial charge on any atom is -0.495 e. The molecule has 0 atom stereocenters. The van der Waals surface area contributed by atoms with Gasteiger partial charge in [0.1, 0.15) is 5.75 Å². The molecule has 2 aromatic heterocycles. The topological polar surface area (TPSA) is 60.8 Å². The van der Waals surface area contributed by atoms with Gasteiger partial charge in [-0.1, -0.05) is 0 Å². The normalized spacial score (nSPS) is 10.2. The third-order valence-electron chi connectivity index (χ3n) is 1.79. The molecule has 2 aromatic rings. The molecule has 2 rings (SSSR count). The van der Waals surface area contributed by atoms with E-state index in [9.17, 15) is 0 Å². The highest BCUT2D eigenvalue weighted by molar-refractivity contribution is 6.31. The zero-order chi connectivity index (χ0) is 11.5. The number of rotatable bonds is 2. The molecule has 16 heavy (non-hydrogen) atoms. The predicted octanol–water partition coefficient (Wildman–Crippen LogP) is 2.25. The zero-order valence-corrected chi connectivity index (χ0v) is 9.70. The van der Waals surface area contributed by atoms with Crippen LogP contribution in [0.2, 0.25) is 10.6 Å². The first-order valence-electron chi connectivity index (χ1n) is 4.25. The Labute approximate surface area is 101 Å². The van der Waals surface area contributed by atoms with Crippen LogP contribution in [0.5, 0.6) is 5.75 Å². The lowest BCUT2D eigenvalue weighted by Crippen LogP contribution is -1.94. The van der Waals surface area contributed by atoms with E-state index in [-0.39, 0.29) is 10.6 Å². The van der Waals surface area contributed by atoms with Gasteiger partial charge in [0.05, 0.1) is 13.3 Å². The van der Waals surface area contributed by atoms with Crippen molar-refractivity contribution in [1.82, 2.24) is 19.9 Å². The van der Waals surface area contributed by atoms with E-state index in [2.05, 4.69) is 19.9 Å². The monoisotopic (exact) mass is 256 g/mol. The molecule has 2 heterocycles. The fourth-order valence-corrected chi connectivity index (χ4v) is 1.47. The van der Waals surface area contributed by atoms with Crippen LogP contribution >= 0.6 is 23.2 Å². The van der Waals surface area contributed by atoms with Crippen molar-refractivity contribution in [2.24, 2.45) is 0 Å². The average Bonchev–Trinajstić information content (AvgIpc) is 2.28. The number of hydrogen-bond donors (Lipinski definition) is 0. The lowest BCUT2D eigenvalue weighted by atomic mass is 10.2. The zero-order valence-electron chi connectivity index (χ0n) is 8.19. The molecule has 0 N–H and O–H groups in total. The van der Waals surface area contributed by atoms with Crippen molar-refractivity contribution in [3.63, 3.8) is 0 Å². The number of methoxy groups -OCH3 is 1. The minimum atomic E-state index is 0.0396. The lowest BCUT2D eigenvalue weighted by molar-refractivity contribution is 0.413. The summed E-state index contributed by atoms with van der Waals surface area (Å²) in [5.74, 6) is 0.960. The van der Waals surface area contributed by atoms with Crippen molar-refractivity contribution in [2.75, 3.05) is 7.11 Å². The Bertz CT molecular complexity index is 500. The quantitative estimate of drug-likeness (QED) is 0.825. The molecule has 0 unspecified atom stereocenters. The van der Waals surface area contributed by atoms with Gasteiger partial charge >= 0.3 is 0 Å². The molecule has 5 nitrogen and oxygen atoms in total. The molecule has 0 amide bonds. The van der Waals surface area contributed by atoms with Crippen LogP contribution in [0.1, 0.15) is 0 Å². The fraction of sp³-hybridized carbons (Fsp3) is 0.111. The third kappa shape index (κ3) is 2.37. The first-order valence-corrected chi connectivity index (χ1v) is 5.01. The lowest BCUT2D eigenvalue weighted by Gasteiger charge is -2.02. The van der Waals surface area contributed by atoms with Crippen LogP contribution in [0.15, 0.2) is 18.5 Å². The molecule has 0 saturated heterocycles. The summed E-state index contributed by atoms with van der Waals surface area (Å²) >= 11 is 11.4. The van der Waals surface area contributed by atoms with Crippen molar-refractivity contribution in [1.29, 1.82) is 0 Å². The van der Waals surface area contributed by atoms with Gasteiger partial charge < -0.3 is 4.74 Å². The van der Waals surface area contributed by atoms with E-state index in [1.807, 2.05) is 0 Å². The Morgan fingerprint density at radius 3 is 2.38 bits per heavy atom. The summed E-state index contributed by atoms with van der Waals surface area (Å²) in [6.07, 6.45) is 3.17. The molecule has 82 valence electrons. The van der Waals surface area contributed by atoms with Crippen molar-refractivity contribution >= 4 is 23.2 Å². The van der Waals surface area contributed by atoms with Crippen LogP contribution in [0, 0.1) is 0 Å². The Morgan fingerprint density at radius 2 is 1.75 bits per heavy atom. The largest absolute Gasteiger partial charge is 0.495 e. The van der Waals surface area contributed by atoms with E-state index >= 15 is 0 Å². The van der Waals surface area contributed by atoms with E-state index in [0.717, 1.165) is 0 Å². The van der Waals surface area contributed by atoms with Crippen molar-refractivity contribution in [2.45, 2.75) is 0 Å². The van der Waals surface area contributed by atoms with Gasteiger partial charge in [-0.3, -0.25) is 4.98 Å². The molecule has 0 spiro atoms. The fourth-order valence-electron chi connectivity index (χ4n) is 1.11. The first kappa shape index (κ1) is 11.0. The Balaban J connectivity index is 2.49. The molecule has 0 aliphatic heterocycles. The first-order chi connectivity index (χ1) is 7.69. The SMILES string of the molecule is COc1cncc(-c2nc(Cl)nc(Cl)n2)c1. The summed E-state index contributed by atoms with van der Waals surface area (Å²) in [5, 5.41) is 0.0793. The molecule has 0 bridgehead atoms. The highest BCUT2D eigenvalue weighted by atomic mass is 35.5. The molecule has 0 aliphatic rings. The highest BCUT2D eigenvalue weighted by Gasteiger charge is 2.07. The highest BCUT2D eigenvalue weighted by Crippen LogP contribution is 2.20. The van der Waals surface area contributed by atoms with E-state index in [4.69, 9.17) is 27.9 Å². The number of aromatic nitrogens is 4. The average molecular weight is 257 g/mol. The van der Waals surface area contributed by atoms with E-state index in [0.29, 0.717) is 17.1 Å². The second-order valence-corrected chi connectivity index (χ2v) is 3.49.